The summed E-state index contributed by atoms with van der Waals surface area (Å²) in [6.07, 6.45) is 0.661. The van der Waals surface area contributed by atoms with Crippen molar-refractivity contribution in [3.63, 3.8) is 0 Å². The number of methoxy groups -OCH3 is 2. The molecule has 0 aliphatic carbocycles. The Morgan fingerprint density at radius 1 is 1.04 bits per heavy atom. The van der Waals surface area contributed by atoms with Crippen molar-refractivity contribution in [1.82, 2.24) is 0 Å². The molecule has 1 aliphatic heterocycles. The van der Waals surface area contributed by atoms with Crippen molar-refractivity contribution in [2.75, 3.05) is 14.2 Å². The van der Waals surface area contributed by atoms with Crippen molar-refractivity contribution >= 4 is 23.0 Å². The summed E-state index contributed by atoms with van der Waals surface area (Å²) >= 11 is 6.05. The van der Waals surface area contributed by atoms with E-state index in [1.54, 1.807) is 32.4 Å². The van der Waals surface area contributed by atoms with Gasteiger partial charge in [-0.25, -0.2) is 0 Å². The zero-order chi connectivity index (χ0) is 17.3. The minimum absolute atomic E-state index is 0.0295. The van der Waals surface area contributed by atoms with Gasteiger partial charge in [0.25, 0.3) is 0 Å². The topological polar surface area (TPSA) is 63.4 Å². The van der Waals surface area contributed by atoms with Crippen LogP contribution in [0.2, 0.25) is 5.02 Å². The highest BCUT2D eigenvalue weighted by Gasteiger charge is 2.20. The number of hydrogen-bond acceptors (Lipinski definition) is 5. The molecule has 0 saturated carbocycles. The molecule has 0 amide bonds. The smallest absolute Gasteiger partial charge is 0.161 e. The number of rotatable bonds is 3. The van der Waals surface area contributed by atoms with Crippen molar-refractivity contribution in [3.05, 3.63) is 52.0 Å². The van der Waals surface area contributed by atoms with Gasteiger partial charge in [0.1, 0.15) is 11.5 Å². The first-order chi connectivity index (χ1) is 11.5. The van der Waals surface area contributed by atoms with Crippen molar-refractivity contribution < 1.29 is 14.6 Å². The van der Waals surface area contributed by atoms with Gasteiger partial charge in [-0.05, 0) is 42.8 Å². The molecule has 0 bridgehead atoms. The van der Waals surface area contributed by atoms with Crippen LogP contribution in [0.5, 0.6) is 17.2 Å². The van der Waals surface area contributed by atoms with Crippen LogP contribution in [-0.2, 0) is 6.42 Å². The largest absolute Gasteiger partial charge is 0.506 e. The summed E-state index contributed by atoms with van der Waals surface area (Å²) in [5.74, 6) is 1.31. The van der Waals surface area contributed by atoms with Crippen LogP contribution in [0.3, 0.4) is 0 Å². The first-order valence-electron chi connectivity index (χ1n) is 7.38. The molecule has 2 aromatic carbocycles. The molecule has 1 aliphatic rings. The third-order valence-electron chi connectivity index (χ3n) is 3.85. The second-order valence-electron chi connectivity index (χ2n) is 5.49. The molecule has 1 heterocycles. The predicted octanol–water partition coefficient (Wildman–Crippen LogP) is 3.83. The molecule has 24 heavy (non-hydrogen) atoms. The fourth-order valence-electron chi connectivity index (χ4n) is 2.66. The Hall–Kier alpha value is -2.53. The fraction of sp³-hybridized carbons (Fsp3) is 0.222. The number of phenolic OH excluding ortho intramolecular Hbond substituents is 1. The molecule has 3 rings (SSSR count). The number of benzene rings is 2. The lowest BCUT2D eigenvalue weighted by Gasteiger charge is -2.15. The second-order valence-corrected chi connectivity index (χ2v) is 5.90. The van der Waals surface area contributed by atoms with Gasteiger partial charge in [-0.1, -0.05) is 11.6 Å². The average Bonchev–Trinajstić information content (AvgIpc) is 2.74. The molecular formula is C18H17ClN2O3. The van der Waals surface area contributed by atoms with Crippen LogP contribution < -0.4 is 9.47 Å². The first kappa shape index (κ1) is 16.3. The molecule has 5 nitrogen and oxygen atoms in total. The average molecular weight is 345 g/mol. The molecule has 0 atom stereocenters. The van der Waals surface area contributed by atoms with Gasteiger partial charge in [0, 0.05) is 23.3 Å². The van der Waals surface area contributed by atoms with E-state index in [4.69, 9.17) is 21.1 Å². The van der Waals surface area contributed by atoms with Gasteiger partial charge in [0.15, 0.2) is 11.5 Å². The Kier molecular flexibility index (Phi) is 4.44. The standard InChI is InChI=1S/C18H17ClN2O3/c1-10-6-12-8-16(23-2)17(24-3)9-13(12)18(21-20-10)11-4-5-15(22)14(19)7-11/h4-5,7-9,22H,6H2,1-3H3. The number of ether oxygens (including phenoxy) is 2. The van der Waals surface area contributed by atoms with Crippen LogP contribution >= 0.6 is 11.6 Å². The van der Waals surface area contributed by atoms with E-state index in [1.165, 1.54) is 0 Å². The zero-order valence-corrected chi connectivity index (χ0v) is 14.4. The molecule has 2 aromatic rings. The lowest BCUT2D eigenvalue weighted by molar-refractivity contribution is 0.354. The molecule has 0 unspecified atom stereocenters. The van der Waals surface area contributed by atoms with Crippen LogP contribution in [0.15, 0.2) is 40.5 Å². The van der Waals surface area contributed by atoms with Gasteiger partial charge in [0.2, 0.25) is 0 Å². The monoisotopic (exact) mass is 344 g/mol. The van der Waals surface area contributed by atoms with Crippen molar-refractivity contribution in [2.24, 2.45) is 10.2 Å². The molecule has 1 N–H and O–H groups in total. The van der Waals surface area contributed by atoms with Crippen molar-refractivity contribution in [2.45, 2.75) is 13.3 Å². The number of fused-ring (bicyclic) bond motifs is 1. The van der Waals surface area contributed by atoms with Crippen molar-refractivity contribution in [3.8, 4) is 17.2 Å². The number of phenols is 1. The van der Waals surface area contributed by atoms with Gasteiger partial charge in [-0.15, -0.1) is 5.10 Å². The molecule has 0 spiro atoms. The first-order valence-corrected chi connectivity index (χ1v) is 7.76. The highest BCUT2D eigenvalue weighted by atomic mass is 35.5. The maximum Gasteiger partial charge on any atom is 0.161 e. The highest BCUT2D eigenvalue weighted by Crippen LogP contribution is 2.34. The number of hydrogen-bond donors (Lipinski definition) is 1. The maximum absolute atomic E-state index is 9.65. The summed E-state index contributed by atoms with van der Waals surface area (Å²) in [6.45, 7) is 1.93. The van der Waals surface area contributed by atoms with Gasteiger partial charge < -0.3 is 14.6 Å². The quantitative estimate of drug-likeness (QED) is 0.920. The van der Waals surface area contributed by atoms with Gasteiger partial charge in [0.05, 0.1) is 19.2 Å². The third-order valence-corrected chi connectivity index (χ3v) is 4.16. The van der Waals surface area contributed by atoms with Gasteiger partial charge in [-0.2, -0.15) is 5.10 Å². The Bertz CT molecular complexity index is 860. The molecule has 0 radical (unpaired) electrons. The van der Waals surface area contributed by atoms with Crippen LogP contribution in [-0.4, -0.2) is 30.7 Å². The SMILES string of the molecule is COc1cc2c(cc1OC)C(c1ccc(O)c(Cl)c1)=NN=C(C)C2. The summed E-state index contributed by atoms with van der Waals surface area (Å²) in [7, 11) is 3.20. The predicted molar refractivity (Wildman–Crippen MR) is 95.1 cm³/mol. The zero-order valence-electron chi connectivity index (χ0n) is 13.6. The lowest BCUT2D eigenvalue weighted by Crippen LogP contribution is -2.08. The molecule has 124 valence electrons. The maximum atomic E-state index is 9.65. The van der Waals surface area contributed by atoms with Crippen molar-refractivity contribution in [1.29, 1.82) is 0 Å². The molecule has 0 saturated heterocycles. The van der Waals surface area contributed by atoms with Gasteiger partial charge >= 0.3 is 0 Å². The minimum atomic E-state index is 0.0295. The second kappa shape index (κ2) is 6.53. The summed E-state index contributed by atoms with van der Waals surface area (Å²) in [5.41, 5.74) is 4.27. The van der Waals surface area contributed by atoms with E-state index >= 15 is 0 Å². The summed E-state index contributed by atoms with van der Waals surface area (Å²) < 4.78 is 10.8. The van der Waals surface area contributed by atoms with E-state index in [0.717, 1.165) is 22.4 Å². The van der Waals surface area contributed by atoms with Crippen LogP contribution in [0.4, 0.5) is 0 Å². The summed E-state index contributed by atoms with van der Waals surface area (Å²) in [4.78, 5) is 0. The van der Waals surface area contributed by atoms with E-state index in [2.05, 4.69) is 10.2 Å². The number of aromatic hydroxyl groups is 1. The Labute approximate surface area is 145 Å². The van der Waals surface area contributed by atoms with E-state index in [9.17, 15) is 5.11 Å². The number of nitrogens with zero attached hydrogens (tertiary/aromatic N) is 2. The normalized spacial score (nSPS) is 13.5. The Balaban J connectivity index is 2.22. The van der Waals surface area contributed by atoms with Crippen LogP contribution in [0.1, 0.15) is 23.6 Å². The summed E-state index contributed by atoms with van der Waals surface area (Å²) in [5, 5.41) is 18.6. The minimum Gasteiger partial charge on any atom is -0.506 e. The highest BCUT2D eigenvalue weighted by molar-refractivity contribution is 6.32. The van der Waals surface area contributed by atoms with E-state index in [-0.39, 0.29) is 10.8 Å². The van der Waals surface area contributed by atoms with Crippen LogP contribution in [0.25, 0.3) is 0 Å². The molecule has 6 heteroatoms. The van der Waals surface area contributed by atoms with E-state index < -0.39 is 0 Å². The molecule has 0 fully saturated rings. The number of halogens is 1. The molecule has 0 aromatic heterocycles. The Morgan fingerprint density at radius 3 is 2.42 bits per heavy atom. The van der Waals surface area contributed by atoms with E-state index in [0.29, 0.717) is 23.6 Å². The van der Waals surface area contributed by atoms with Gasteiger partial charge in [-0.3, -0.25) is 0 Å². The van der Waals surface area contributed by atoms with E-state index in [1.807, 2.05) is 19.1 Å². The fourth-order valence-corrected chi connectivity index (χ4v) is 2.84. The molecular weight excluding hydrogens is 328 g/mol. The van der Waals surface area contributed by atoms with Crippen LogP contribution in [0, 0.1) is 0 Å². The lowest BCUT2D eigenvalue weighted by atomic mass is 9.94. The summed E-state index contributed by atoms with van der Waals surface area (Å²) in [6, 6.07) is 8.81. The Morgan fingerprint density at radius 2 is 1.75 bits per heavy atom. The third kappa shape index (κ3) is 2.95.